The van der Waals surface area contributed by atoms with E-state index in [4.69, 9.17) is 40.9 Å². The Hall–Kier alpha value is -11.5. The molecule has 0 saturated heterocycles. The summed E-state index contributed by atoms with van der Waals surface area (Å²) in [6, 6.07) is 10.1. The van der Waals surface area contributed by atoms with Crippen LogP contribution in [0.4, 0.5) is 29.1 Å². The Kier molecular flexibility index (Phi) is 27.6. The van der Waals surface area contributed by atoms with Crippen molar-refractivity contribution < 1.29 is 0 Å². The standard InChI is InChI=1S/2C22H30N6.C21H28N6.C18H24N6.C16H17BrN6/c1-27-15-17(13-23-27)19-14-24-28-21(25-18-10-6-3-7-11-18)12-20(26-22(19)28)16-8-4-2-5-9-16;1-27-15-18(13-24-27)19-14-25-28-21(23-12-16-7-5-6-8-16)11-20(26-22(19)28)17-9-3-2-4-10-17;1-26-14-16(12-22-26)18-13-23-27-20(24-17-9-5-6-10-17)11-19(25-21(18)27)15-7-3-2-4-8-15;1-3-19-17-9-16(13-7-5-4-6-8-13)22-18-15(11-21-24(17)18)14-10-20-23(2)12-14;17-13-14(10-4-2-1-3-5-10)22-16-11(8-21-23(16)15(13)18)12-9-19-6-7-20-12/h12-16,18,25H,2-11H2,1H3;11,13-17,23H,2-10,12H2,1H3;11-15,17,24H,2-10H2,1H3;9-13,19H,3-8H2,1-2H3;6-10H,1-5,18H2. The average molecular weight is 1820 g/mol. The van der Waals surface area contributed by atoms with Crippen LogP contribution in [0.25, 0.3) is 84.0 Å². The number of anilines is 5. The molecule has 8 saturated carbocycles. The van der Waals surface area contributed by atoms with E-state index in [9.17, 15) is 0 Å². The third kappa shape index (κ3) is 19.9. The monoisotopic (exact) mass is 1820 g/mol. The van der Waals surface area contributed by atoms with Crippen molar-refractivity contribution in [1.29, 1.82) is 0 Å². The fourth-order valence-corrected chi connectivity index (χ4v) is 22.1. The van der Waals surface area contributed by atoms with Crippen LogP contribution in [0.5, 0.6) is 0 Å². The summed E-state index contributed by atoms with van der Waals surface area (Å²) in [6.45, 7) is 4.01. The Morgan fingerprint density at radius 1 is 0.331 bits per heavy atom. The van der Waals surface area contributed by atoms with Gasteiger partial charge in [0.2, 0.25) is 0 Å². The van der Waals surface area contributed by atoms with E-state index < -0.39 is 0 Å². The maximum absolute atomic E-state index is 6.29. The topological polar surface area (TPSA) is 322 Å². The Balaban J connectivity index is 0.000000106. The van der Waals surface area contributed by atoms with Crippen LogP contribution >= 0.6 is 15.9 Å². The van der Waals surface area contributed by atoms with E-state index in [-0.39, 0.29) is 0 Å². The zero-order chi connectivity index (χ0) is 88.4. The molecule has 682 valence electrons. The smallest absolute Gasteiger partial charge is 0.167 e. The molecular formula is C99H129BrN30. The summed E-state index contributed by atoms with van der Waals surface area (Å²) in [5.74, 6) is 8.43. The van der Waals surface area contributed by atoms with Gasteiger partial charge >= 0.3 is 0 Å². The SMILES string of the molecule is CCNc1cc(C2CCCCC2)nc2c(-c3cnn(C)c3)cnn12.Cn1cc(-c2cnn3c(NC4CCCC4)cc(C4CCCCC4)nc23)cn1.Cn1cc(-c2cnn3c(NC4CCCCC4)cc(C4CCCCC4)nc23)cn1.Cn1cc(-c2cnn3c(NCC4CCCC4)cc(C4CCCCC4)nc23)cn1.Nc1c(Br)c(C2CCCCC2)nc2c(-c3cnccn3)cnn12. The van der Waals surface area contributed by atoms with Gasteiger partial charge in [0.25, 0.3) is 0 Å². The Labute approximate surface area is 769 Å². The molecule has 15 aromatic heterocycles. The lowest BCUT2D eigenvalue weighted by atomic mass is 9.86. The van der Waals surface area contributed by atoms with E-state index in [1.54, 1.807) is 29.3 Å². The van der Waals surface area contributed by atoms with E-state index in [2.05, 4.69) is 114 Å². The lowest BCUT2D eigenvalue weighted by molar-refractivity contribution is 0.435. The number of nitrogens with two attached hydrogens (primary N) is 1. The summed E-state index contributed by atoms with van der Waals surface area (Å²) < 4.78 is 17.8. The number of fused-ring (bicyclic) bond motifs is 5. The van der Waals surface area contributed by atoms with Crippen molar-refractivity contribution >= 4 is 73.3 Å². The third-order valence-electron chi connectivity index (χ3n) is 28.7. The Morgan fingerprint density at radius 3 is 1.00 bits per heavy atom. The number of rotatable bonds is 19. The minimum atomic E-state index is 0.454. The molecule has 31 heteroatoms. The number of hydrogen-bond donors (Lipinski definition) is 5. The molecule has 0 spiro atoms. The van der Waals surface area contributed by atoms with Gasteiger partial charge in [-0.15, -0.1) is 0 Å². The van der Waals surface area contributed by atoms with Gasteiger partial charge in [0.1, 0.15) is 29.1 Å². The molecule has 15 aromatic rings. The highest BCUT2D eigenvalue weighted by Crippen LogP contribution is 2.44. The number of aromatic nitrogens is 25. The van der Waals surface area contributed by atoms with Crippen molar-refractivity contribution in [3.63, 3.8) is 0 Å². The summed E-state index contributed by atoms with van der Waals surface area (Å²) >= 11 is 3.63. The minimum absolute atomic E-state index is 0.454. The van der Waals surface area contributed by atoms with Crippen LogP contribution in [0.3, 0.4) is 0 Å². The molecule has 0 aromatic carbocycles. The maximum atomic E-state index is 6.29. The lowest BCUT2D eigenvalue weighted by Gasteiger charge is -2.26. The van der Waals surface area contributed by atoms with E-state index in [1.807, 2.05) is 139 Å². The van der Waals surface area contributed by atoms with E-state index in [0.717, 1.165) is 149 Å². The second-order valence-corrected chi connectivity index (χ2v) is 38.8. The van der Waals surface area contributed by atoms with Crippen LogP contribution in [0.15, 0.2) is 128 Å². The fourth-order valence-electron chi connectivity index (χ4n) is 21.5. The molecular weight excluding hydrogens is 1690 g/mol. The summed E-state index contributed by atoms with van der Waals surface area (Å²) in [7, 11) is 7.78. The van der Waals surface area contributed by atoms with Crippen LogP contribution in [-0.4, -0.2) is 147 Å². The van der Waals surface area contributed by atoms with Crippen LogP contribution in [0.2, 0.25) is 0 Å². The number of nitrogens with zero attached hydrogens (tertiary/aromatic N) is 25. The van der Waals surface area contributed by atoms with E-state index in [0.29, 0.717) is 47.5 Å². The largest absolute Gasteiger partial charge is 0.383 e. The van der Waals surface area contributed by atoms with Gasteiger partial charge in [-0.2, -0.15) is 68.5 Å². The van der Waals surface area contributed by atoms with Gasteiger partial charge in [-0.25, -0.2) is 24.9 Å². The maximum Gasteiger partial charge on any atom is 0.167 e. The zero-order valence-corrected chi connectivity index (χ0v) is 78.2. The van der Waals surface area contributed by atoms with Crippen molar-refractivity contribution in [2.75, 3.05) is 40.1 Å². The number of hydrogen-bond acceptors (Lipinski definition) is 21. The van der Waals surface area contributed by atoms with Crippen molar-refractivity contribution in [1.82, 2.24) is 122 Å². The van der Waals surface area contributed by atoms with Gasteiger partial charge in [0.05, 0.1) is 83.4 Å². The summed E-state index contributed by atoms with van der Waals surface area (Å²) in [6.07, 6.45) is 79.4. The van der Waals surface area contributed by atoms with Crippen molar-refractivity contribution in [3.8, 4) is 55.8 Å². The number of nitrogen functional groups attached to an aromatic ring is 1. The molecule has 8 aliphatic carbocycles. The lowest BCUT2D eigenvalue weighted by Crippen LogP contribution is -2.24. The van der Waals surface area contributed by atoms with Gasteiger partial charge < -0.3 is 27.0 Å². The highest BCUT2D eigenvalue weighted by Gasteiger charge is 2.31. The molecule has 6 N–H and O–H groups in total. The number of nitrogens with one attached hydrogen (secondary N) is 4. The summed E-state index contributed by atoms with van der Waals surface area (Å²) in [5, 5.41) is 55.1. The first-order valence-electron chi connectivity index (χ1n) is 49.0. The first-order chi connectivity index (χ1) is 63.8. The van der Waals surface area contributed by atoms with E-state index >= 15 is 0 Å². The van der Waals surface area contributed by atoms with Gasteiger partial charge in [0, 0.05) is 212 Å². The first kappa shape index (κ1) is 87.8. The quantitative estimate of drug-likeness (QED) is 0.0502. The molecule has 30 nitrogen and oxygen atoms in total. The molecule has 0 unspecified atom stereocenters. The van der Waals surface area contributed by atoms with Crippen LogP contribution in [-0.2, 0) is 28.2 Å². The van der Waals surface area contributed by atoms with Gasteiger partial charge in [-0.05, 0) is 132 Å². The van der Waals surface area contributed by atoms with Gasteiger partial charge in [0.15, 0.2) is 28.2 Å². The van der Waals surface area contributed by atoms with Crippen LogP contribution in [0.1, 0.15) is 309 Å². The molecule has 0 amide bonds. The molecule has 130 heavy (non-hydrogen) atoms. The first-order valence-corrected chi connectivity index (χ1v) is 49.7. The molecule has 0 radical (unpaired) electrons. The molecule has 23 rings (SSSR count). The fraction of sp³-hybridized carbons (Fsp3) is 0.535. The molecule has 15 heterocycles. The highest BCUT2D eigenvalue weighted by atomic mass is 79.9. The molecule has 8 aliphatic rings. The van der Waals surface area contributed by atoms with E-state index in [1.165, 1.54) is 254 Å². The third-order valence-corrected chi connectivity index (χ3v) is 29.5. The van der Waals surface area contributed by atoms with Crippen LogP contribution < -0.4 is 27.0 Å². The van der Waals surface area contributed by atoms with Gasteiger partial charge in [-0.3, -0.25) is 28.7 Å². The Morgan fingerprint density at radius 2 is 0.646 bits per heavy atom. The Bertz CT molecular complexity index is 6240. The highest BCUT2D eigenvalue weighted by molar-refractivity contribution is 9.10. The second-order valence-electron chi connectivity index (χ2n) is 38.0. The molecule has 0 aliphatic heterocycles. The van der Waals surface area contributed by atoms with Crippen molar-refractivity contribution in [3.05, 3.63) is 156 Å². The second kappa shape index (κ2) is 40.9. The predicted molar refractivity (Wildman–Crippen MR) is 517 cm³/mol. The zero-order valence-electron chi connectivity index (χ0n) is 76.6. The number of aryl methyl sites for hydroxylation is 4. The molecule has 8 fully saturated rings. The molecule has 0 atom stereocenters. The van der Waals surface area contributed by atoms with Crippen molar-refractivity contribution in [2.45, 2.75) is 293 Å². The summed E-state index contributed by atoms with van der Waals surface area (Å²) in [4.78, 5) is 33.7. The number of halogens is 1. The molecule has 0 bridgehead atoms. The van der Waals surface area contributed by atoms with Crippen molar-refractivity contribution in [2.24, 2.45) is 34.1 Å². The van der Waals surface area contributed by atoms with Crippen LogP contribution in [0, 0.1) is 5.92 Å². The predicted octanol–water partition coefficient (Wildman–Crippen LogP) is 21.4. The normalized spacial score (nSPS) is 18.0. The minimum Gasteiger partial charge on any atom is -0.383 e. The average Bonchev–Trinajstić information content (AvgIpc) is 1.56. The summed E-state index contributed by atoms with van der Waals surface area (Å²) in [5.41, 5.74) is 26.9. The van der Waals surface area contributed by atoms with Gasteiger partial charge in [-0.1, -0.05) is 141 Å².